The summed E-state index contributed by atoms with van der Waals surface area (Å²) in [6, 6.07) is 75.5. The van der Waals surface area contributed by atoms with Gasteiger partial charge in [-0.25, -0.2) is 38.4 Å². The molecule has 0 aliphatic heterocycles. The molecule has 1 atom stereocenters. The van der Waals surface area contributed by atoms with Crippen molar-refractivity contribution in [1.29, 1.82) is 0 Å². The van der Waals surface area contributed by atoms with Crippen LogP contribution in [0.4, 0.5) is 0 Å². The molecule has 8 rings (SSSR count). The van der Waals surface area contributed by atoms with E-state index < -0.39 is 36.0 Å². The first-order valence-corrected chi connectivity index (χ1v) is 46.9. The number of para-hydroxylation sites is 8. The normalized spacial score (nSPS) is 10.1. The number of carbonyl (C=O) groups excluding carboxylic acids is 8. The molecular weight excluding hydrogens is 1910 g/mol. The van der Waals surface area contributed by atoms with E-state index in [-0.39, 0.29) is 77.4 Å². The quantitative estimate of drug-likeness (QED) is 0.0160. The largest absolute Gasteiger partial charge is 0.491 e. The fourth-order valence-corrected chi connectivity index (χ4v) is 9.50. The van der Waals surface area contributed by atoms with E-state index in [2.05, 4.69) is 57.4 Å². The highest BCUT2D eigenvalue weighted by molar-refractivity contribution is 5.88. The fraction of sp³-hybridized carbons (Fsp3) is 0.357. The molecule has 1 unspecified atom stereocenters. The molecule has 1 N–H and O–H groups in total. The molecule has 0 fully saturated rings. The van der Waals surface area contributed by atoms with Gasteiger partial charge in [-0.05, 0) is 118 Å². The average molecular weight is 2050 g/mol. The van der Waals surface area contributed by atoms with Gasteiger partial charge in [-0.2, -0.15) is 0 Å². The van der Waals surface area contributed by atoms with Gasteiger partial charge in [-0.3, -0.25) is 0 Å². The molecule has 802 valence electrons. The molecule has 8 aromatic rings. The monoisotopic (exact) mass is 2050 g/mol. The Hall–Kier alpha value is -14.6. The molecule has 0 aromatic heterocycles. The molecule has 0 spiro atoms. The summed E-state index contributed by atoms with van der Waals surface area (Å²) in [5, 5.41) is 9.42. The van der Waals surface area contributed by atoms with Gasteiger partial charge in [0.1, 0.15) is 158 Å². The lowest BCUT2D eigenvalue weighted by molar-refractivity contribution is -0.141. The van der Waals surface area contributed by atoms with Crippen molar-refractivity contribution in [2.45, 2.75) is 26.9 Å². The molecule has 0 aliphatic carbocycles. The molecule has 0 amide bonds. The fourth-order valence-electron chi connectivity index (χ4n) is 9.50. The molecule has 0 heterocycles. The van der Waals surface area contributed by atoms with Crippen LogP contribution in [0.25, 0.3) is 0 Å². The summed E-state index contributed by atoms with van der Waals surface area (Å²) in [6.45, 7) is 45.5. The molecule has 8 aromatic carbocycles. The first kappa shape index (κ1) is 130. The minimum absolute atomic E-state index is 0.0778. The predicted octanol–water partition coefficient (Wildman–Crippen LogP) is 15.1. The molecule has 147 heavy (non-hydrogen) atoms. The first-order chi connectivity index (χ1) is 71.6. The van der Waals surface area contributed by atoms with Gasteiger partial charge in [-0.1, -0.05) is 198 Å². The number of carbonyl (C=O) groups is 8. The van der Waals surface area contributed by atoms with Crippen molar-refractivity contribution in [3.8, 4) is 46.0 Å². The number of rotatable bonds is 71. The van der Waals surface area contributed by atoms with Crippen molar-refractivity contribution in [2.75, 3.05) is 238 Å². The molecule has 0 saturated carbocycles. The predicted molar refractivity (Wildman–Crippen MR) is 553 cm³/mol. The van der Waals surface area contributed by atoms with E-state index in [1.165, 1.54) is 0 Å². The van der Waals surface area contributed by atoms with Crippen molar-refractivity contribution in [3.05, 3.63) is 342 Å². The zero-order valence-electron chi connectivity index (χ0n) is 84.5. The highest BCUT2D eigenvalue weighted by Gasteiger charge is 2.11. The van der Waals surface area contributed by atoms with Gasteiger partial charge in [0.25, 0.3) is 0 Å². The maximum absolute atomic E-state index is 11.0. The summed E-state index contributed by atoms with van der Waals surface area (Å²) in [6.07, 6.45) is 4.69. The Kier molecular flexibility index (Phi) is 85.3. The van der Waals surface area contributed by atoms with E-state index in [0.717, 1.165) is 70.6 Å². The second-order valence-corrected chi connectivity index (χ2v) is 28.6. The van der Waals surface area contributed by atoms with E-state index in [9.17, 15) is 43.5 Å². The van der Waals surface area contributed by atoms with Crippen molar-refractivity contribution in [3.63, 3.8) is 0 Å². The van der Waals surface area contributed by atoms with Crippen LogP contribution in [-0.2, 0) is 124 Å². The number of hydrogen-bond acceptors (Lipinski definition) is 35. The highest BCUT2D eigenvalue weighted by Crippen LogP contribution is 2.15. The second kappa shape index (κ2) is 96.2. The standard InChI is InChI=1S/C21H32O8.C17H24O6.C14H18O4.C13H16O4.C12H14O4.2C12H14O3.C11H12O3/c1-2-21(22)29-19-17-27-15-13-25-11-9-23-8-10-24-12-14-26-16-18-28-20-6-4-3-5-7-20;1-2-17(18)23-15-13-21-11-9-19-8-10-20-12-14-22-16-6-4-3-5-7-16;1-12(2)14(15)18-11-9-16-8-10-17-13-6-4-3-5-7-13;1-2-13(14)17-11-9-15-8-10-16-12-6-4-3-5-7-12;1-2-12(14)16-9-10(13)8-15-11-6-4-3-5-7-11;2*1-10(2)12(13)15-9-8-14-11-6-4-3-5-7-11;1-2-11(12)14-9-8-13-10-6-4-3-5-7-10/h2-7H,1,8-19H2;2-7H,1,8-15H2;3-7H,1,8-11H2,2H3;2-7H,1,8-11H2;2-7,10,13H,1,8-9H2;2*3-7H,1,8-9H2,2H3;2-7H,1,8-9H2. The molecule has 0 aliphatic rings. The zero-order chi connectivity index (χ0) is 107. The van der Waals surface area contributed by atoms with Crippen molar-refractivity contribution in [1.82, 2.24) is 0 Å². The number of aliphatic hydroxyl groups is 1. The Labute approximate surface area is 863 Å². The summed E-state index contributed by atoms with van der Waals surface area (Å²) >= 11 is 0. The number of ether oxygens (including phenoxy) is 26. The van der Waals surface area contributed by atoms with E-state index >= 15 is 0 Å². The van der Waals surface area contributed by atoms with Crippen LogP contribution in [0.1, 0.15) is 20.8 Å². The molecule has 0 saturated heterocycles. The van der Waals surface area contributed by atoms with Crippen LogP contribution < -0.4 is 37.9 Å². The lowest BCUT2D eigenvalue weighted by Crippen LogP contribution is -2.24. The molecule has 35 heteroatoms. The van der Waals surface area contributed by atoms with Gasteiger partial charge >= 0.3 is 47.8 Å². The number of aliphatic hydroxyl groups excluding tert-OH is 1. The van der Waals surface area contributed by atoms with Crippen LogP contribution in [0.2, 0.25) is 0 Å². The topological polar surface area (TPSA) is 397 Å². The Balaban J connectivity index is 0.000000850. The second-order valence-electron chi connectivity index (χ2n) is 28.6. The average Bonchev–Trinajstić information content (AvgIpc) is 1.01. The van der Waals surface area contributed by atoms with E-state index in [0.29, 0.717) is 201 Å². The van der Waals surface area contributed by atoms with E-state index in [1.807, 2.05) is 231 Å². The highest BCUT2D eigenvalue weighted by atomic mass is 16.6. The SMILES string of the molecule is C=C(C)C(=O)OCCOCCOc1ccccc1.C=C(C)C(=O)OCCOc1ccccc1.C=C(C)C(=O)OCCOc1ccccc1.C=CC(=O)OCC(O)COc1ccccc1.C=CC(=O)OCCOCCOCCOCCOCCOCCOc1ccccc1.C=CC(=O)OCCOCCOCCOCCOc1ccccc1.C=CC(=O)OCCOCCOc1ccccc1.C=CC(=O)OCCOc1ccccc1. The molecule has 35 nitrogen and oxygen atoms in total. The third-order valence-corrected chi connectivity index (χ3v) is 16.5. The third kappa shape index (κ3) is 85.5. The lowest BCUT2D eigenvalue weighted by atomic mass is 10.3. The summed E-state index contributed by atoms with van der Waals surface area (Å²) in [7, 11) is 0. The van der Waals surface area contributed by atoms with Crippen molar-refractivity contribution in [2.24, 2.45) is 0 Å². The molecular formula is C112H144O35. The van der Waals surface area contributed by atoms with Crippen LogP contribution in [-0.4, -0.2) is 297 Å². The van der Waals surface area contributed by atoms with Crippen LogP contribution >= 0.6 is 0 Å². The molecule has 0 bridgehead atoms. The minimum Gasteiger partial charge on any atom is -0.491 e. The summed E-state index contributed by atoms with van der Waals surface area (Å²) < 4.78 is 135. The summed E-state index contributed by atoms with van der Waals surface area (Å²) in [4.78, 5) is 86.5. The first-order valence-electron chi connectivity index (χ1n) is 46.9. The number of benzene rings is 8. The summed E-state index contributed by atoms with van der Waals surface area (Å²) in [5.74, 6) is 2.79. The van der Waals surface area contributed by atoms with Crippen LogP contribution in [0.3, 0.4) is 0 Å². The Morgan fingerprint density at radius 3 is 0.510 bits per heavy atom. The van der Waals surface area contributed by atoms with Gasteiger partial charge in [0.05, 0.1) is 132 Å². The number of esters is 8. The van der Waals surface area contributed by atoms with Gasteiger partial charge in [0, 0.05) is 47.1 Å². The van der Waals surface area contributed by atoms with Gasteiger partial charge in [0.2, 0.25) is 0 Å². The Morgan fingerprint density at radius 2 is 0.333 bits per heavy atom. The Bertz CT molecular complexity index is 4620. The van der Waals surface area contributed by atoms with Gasteiger partial charge in [-0.15, -0.1) is 0 Å². The van der Waals surface area contributed by atoms with Crippen LogP contribution in [0, 0.1) is 0 Å². The van der Waals surface area contributed by atoms with E-state index in [4.69, 9.17) is 118 Å². The molecule has 0 radical (unpaired) electrons. The van der Waals surface area contributed by atoms with Crippen molar-refractivity contribution < 1.29 is 167 Å². The van der Waals surface area contributed by atoms with E-state index in [1.54, 1.807) is 32.9 Å². The van der Waals surface area contributed by atoms with Crippen LogP contribution in [0.15, 0.2) is 342 Å². The number of hydrogen-bond donors (Lipinski definition) is 1. The smallest absolute Gasteiger partial charge is 0.333 e. The lowest BCUT2D eigenvalue weighted by Gasteiger charge is -2.11. The zero-order valence-corrected chi connectivity index (χ0v) is 84.5. The van der Waals surface area contributed by atoms with Crippen LogP contribution in [0.5, 0.6) is 46.0 Å². The maximum atomic E-state index is 11.0. The third-order valence-electron chi connectivity index (χ3n) is 16.5. The van der Waals surface area contributed by atoms with Crippen molar-refractivity contribution >= 4 is 47.8 Å². The van der Waals surface area contributed by atoms with Gasteiger partial charge < -0.3 is 128 Å². The Morgan fingerprint density at radius 1 is 0.197 bits per heavy atom. The van der Waals surface area contributed by atoms with Gasteiger partial charge in [0.15, 0.2) is 0 Å². The summed E-state index contributed by atoms with van der Waals surface area (Å²) in [5.41, 5.74) is 1.19. The maximum Gasteiger partial charge on any atom is 0.333 e. The minimum atomic E-state index is -0.843.